The van der Waals surface area contributed by atoms with Crippen LogP contribution in [0.2, 0.25) is 0 Å². The van der Waals surface area contributed by atoms with E-state index in [1.54, 1.807) is 0 Å². The molecule has 1 heterocycles. The smallest absolute Gasteiger partial charge is 0.303 e. The van der Waals surface area contributed by atoms with Gasteiger partial charge in [0.2, 0.25) is 12.4 Å². The van der Waals surface area contributed by atoms with Gasteiger partial charge in [0.1, 0.15) is 19.0 Å². The monoisotopic (exact) mass is 468 g/mol. The number of phenolic OH excluding ortho intramolecular Hbond substituents is 1. The molecule has 180 valence electrons. The van der Waals surface area contributed by atoms with Gasteiger partial charge in [0, 0.05) is 33.3 Å². The van der Waals surface area contributed by atoms with E-state index >= 15 is 0 Å². The van der Waals surface area contributed by atoms with Gasteiger partial charge in [-0.3, -0.25) is 24.0 Å². The van der Waals surface area contributed by atoms with Crippen LogP contribution in [0.5, 0.6) is 11.5 Å². The molecule has 1 N–H and O–H groups in total. The summed E-state index contributed by atoms with van der Waals surface area (Å²) < 4.78 is 32.2. The fraction of sp³-hybridized carbons (Fsp3) is 0.476. The van der Waals surface area contributed by atoms with Crippen molar-refractivity contribution in [3.63, 3.8) is 0 Å². The summed E-state index contributed by atoms with van der Waals surface area (Å²) in [7, 11) is 0. The predicted octanol–water partition coefficient (Wildman–Crippen LogP) is 0.667. The summed E-state index contributed by atoms with van der Waals surface area (Å²) >= 11 is 0. The first-order chi connectivity index (χ1) is 15.5. The Bertz CT molecular complexity index is 911. The lowest BCUT2D eigenvalue weighted by molar-refractivity contribution is -0.288. The quantitative estimate of drug-likeness (QED) is 0.323. The zero-order chi connectivity index (χ0) is 24.7. The highest BCUT2D eigenvalue weighted by molar-refractivity contribution is 5.76. The molecule has 0 radical (unpaired) electrons. The predicted molar refractivity (Wildman–Crippen MR) is 106 cm³/mol. The van der Waals surface area contributed by atoms with Gasteiger partial charge in [-0.2, -0.15) is 0 Å². The first-order valence-electron chi connectivity index (χ1n) is 9.77. The SMILES string of the molecule is CC(=O)OC[C@H]1O[C@@H](Oc2ccc(C=O)cc2O)[C@@H](OC(C)=O)[C@@H](OC(C)=O)[C@H]1OC(C)=O. The summed E-state index contributed by atoms with van der Waals surface area (Å²) in [5.41, 5.74) is 0.168. The van der Waals surface area contributed by atoms with E-state index in [0.717, 1.165) is 33.8 Å². The molecule has 0 aromatic heterocycles. The highest BCUT2D eigenvalue weighted by Crippen LogP contribution is 2.34. The Balaban J connectivity index is 2.48. The minimum absolute atomic E-state index is 0.151. The Kier molecular flexibility index (Phi) is 8.74. The number of hydrogen-bond acceptors (Lipinski definition) is 12. The van der Waals surface area contributed by atoms with Crippen LogP contribution in [0.25, 0.3) is 0 Å². The standard InChI is InChI=1S/C21H24O12/c1-10(23)28-9-17-18(29-11(2)24)19(30-12(3)25)20(31-13(4)26)21(33-17)32-16-6-5-14(8-22)7-15(16)27/h5-8,17-21,27H,9H2,1-4H3/t17-,18+,19+,20+,21-/m1/s1. The van der Waals surface area contributed by atoms with E-state index in [4.69, 9.17) is 28.4 Å². The third-order valence-electron chi connectivity index (χ3n) is 4.31. The number of aromatic hydroxyl groups is 1. The molecule has 1 saturated heterocycles. The van der Waals surface area contributed by atoms with Crippen LogP contribution in [0.15, 0.2) is 18.2 Å². The van der Waals surface area contributed by atoms with Crippen molar-refractivity contribution in [2.45, 2.75) is 58.4 Å². The van der Waals surface area contributed by atoms with E-state index in [1.807, 2.05) is 0 Å². The molecule has 2 rings (SSSR count). The maximum atomic E-state index is 11.8. The van der Waals surface area contributed by atoms with E-state index in [-0.39, 0.29) is 11.3 Å². The van der Waals surface area contributed by atoms with Crippen LogP contribution in [-0.4, -0.2) is 72.6 Å². The van der Waals surface area contributed by atoms with Crippen molar-refractivity contribution in [3.8, 4) is 11.5 Å². The van der Waals surface area contributed by atoms with Crippen molar-refractivity contribution < 1.29 is 57.5 Å². The fourth-order valence-electron chi connectivity index (χ4n) is 3.12. The largest absolute Gasteiger partial charge is 0.504 e. The number of aldehydes is 1. The van der Waals surface area contributed by atoms with Crippen molar-refractivity contribution in [1.29, 1.82) is 0 Å². The summed E-state index contributed by atoms with van der Waals surface area (Å²) in [6.07, 6.45) is -6.38. The Labute approximate surface area is 188 Å². The highest BCUT2D eigenvalue weighted by atomic mass is 16.7. The van der Waals surface area contributed by atoms with Crippen LogP contribution in [-0.2, 0) is 42.9 Å². The second kappa shape index (κ2) is 11.3. The van der Waals surface area contributed by atoms with Crippen LogP contribution in [0.3, 0.4) is 0 Å². The van der Waals surface area contributed by atoms with Gasteiger partial charge in [-0.1, -0.05) is 0 Å². The lowest BCUT2D eigenvalue weighted by atomic mass is 9.98. The fourth-order valence-corrected chi connectivity index (χ4v) is 3.12. The molecule has 0 aliphatic carbocycles. The number of ether oxygens (including phenoxy) is 6. The molecular formula is C21H24O12. The van der Waals surface area contributed by atoms with Crippen molar-refractivity contribution in [2.24, 2.45) is 0 Å². The number of esters is 4. The number of rotatable bonds is 8. The second-order valence-electron chi connectivity index (χ2n) is 7.03. The van der Waals surface area contributed by atoms with Gasteiger partial charge in [-0.15, -0.1) is 0 Å². The van der Waals surface area contributed by atoms with Gasteiger partial charge in [-0.05, 0) is 18.2 Å². The lowest BCUT2D eigenvalue weighted by Crippen LogP contribution is -2.63. The van der Waals surface area contributed by atoms with E-state index in [0.29, 0.717) is 6.29 Å². The summed E-state index contributed by atoms with van der Waals surface area (Å²) in [5, 5.41) is 10.2. The average Bonchev–Trinajstić information content (AvgIpc) is 2.71. The number of carbonyl (C=O) groups is 5. The Hall–Kier alpha value is -3.67. The topological polar surface area (TPSA) is 161 Å². The molecule has 0 saturated carbocycles. The molecule has 0 spiro atoms. The van der Waals surface area contributed by atoms with E-state index in [1.165, 1.54) is 12.1 Å². The maximum absolute atomic E-state index is 11.8. The van der Waals surface area contributed by atoms with Crippen molar-refractivity contribution in [2.75, 3.05) is 6.61 Å². The van der Waals surface area contributed by atoms with Crippen molar-refractivity contribution in [3.05, 3.63) is 23.8 Å². The molecule has 5 atom stereocenters. The van der Waals surface area contributed by atoms with Crippen LogP contribution >= 0.6 is 0 Å². The van der Waals surface area contributed by atoms with Crippen LogP contribution < -0.4 is 4.74 Å². The Morgan fingerprint density at radius 2 is 1.48 bits per heavy atom. The third kappa shape index (κ3) is 7.17. The molecule has 0 bridgehead atoms. The molecule has 1 aromatic carbocycles. The average molecular weight is 468 g/mol. The molecular weight excluding hydrogens is 444 g/mol. The number of benzene rings is 1. The first kappa shape index (κ1) is 25.6. The van der Waals surface area contributed by atoms with Gasteiger partial charge < -0.3 is 33.5 Å². The zero-order valence-electron chi connectivity index (χ0n) is 18.3. The molecule has 12 nitrogen and oxygen atoms in total. The molecule has 1 aromatic rings. The normalized spacial score (nSPS) is 24.2. The van der Waals surface area contributed by atoms with Gasteiger partial charge in [-0.25, -0.2) is 0 Å². The molecule has 1 fully saturated rings. The highest BCUT2D eigenvalue weighted by Gasteiger charge is 2.53. The minimum atomic E-state index is -1.50. The van der Waals surface area contributed by atoms with Gasteiger partial charge in [0.05, 0.1) is 0 Å². The molecule has 33 heavy (non-hydrogen) atoms. The minimum Gasteiger partial charge on any atom is -0.504 e. The molecule has 0 amide bonds. The number of hydrogen-bond donors (Lipinski definition) is 1. The van der Waals surface area contributed by atoms with E-state index < -0.39 is 66.9 Å². The Morgan fingerprint density at radius 3 is 2.00 bits per heavy atom. The number of phenols is 1. The lowest BCUT2D eigenvalue weighted by Gasteiger charge is -2.43. The van der Waals surface area contributed by atoms with Crippen molar-refractivity contribution >= 4 is 30.2 Å². The van der Waals surface area contributed by atoms with Gasteiger partial charge in [0.25, 0.3) is 0 Å². The van der Waals surface area contributed by atoms with Crippen LogP contribution in [0.1, 0.15) is 38.1 Å². The summed E-state index contributed by atoms with van der Waals surface area (Å²) in [6.45, 7) is 4.00. The third-order valence-corrected chi connectivity index (χ3v) is 4.31. The Morgan fingerprint density at radius 1 is 0.909 bits per heavy atom. The molecule has 12 heteroatoms. The van der Waals surface area contributed by atoms with E-state index in [2.05, 4.69) is 0 Å². The van der Waals surface area contributed by atoms with Crippen LogP contribution in [0, 0.1) is 0 Å². The second-order valence-corrected chi connectivity index (χ2v) is 7.03. The molecule has 0 unspecified atom stereocenters. The summed E-state index contributed by atoms with van der Waals surface area (Å²) in [6, 6.07) is 3.76. The first-order valence-corrected chi connectivity index (χ1v) is 9.77. The van der Waals surface area contributed by atoms with Gasteiger partial charge >= 0.3 is 23.9 Å². The van der Waals surface area contributed by atoms with Gasteiger partial charge in [0.15, 0.2) is 23.7 Å². The van der Waals surface area contributed by atoms with Crippen LogP contribution in [0.4, 0.5) is 0 Å². The zero-order valence-corrected chi connectivity index (χ0v) is 18.3. The molecule has 1 aliphatic rings. The molecule has 1 aliphatic heterocycles. The van der Waals surface area contributed by atoms with Crippen molar-refractivity contribution in [1.82, 2.24) is 0 Å². The maximum Gasteiger partial charge on any atom is 0.303 e. The summed E-state index contributed by atoms with van der Waals surface area (Å²) in [5.74, 6) is -3.59. The van der Waals surface area contributed by atoms with E-state index in [9.17, 15) is 29.1 Å². The number of carbonyl (C=O) groups excluding carboxylic acids is 5. The summed E-state index contributed by atoms with van der Waals surface area (Å²) in [4.78, 5) is 57.5.